The van der Waals surface area contributed by atoms with Gasteiger partial charge in [-0.25, -0.2) is 8.78 Å². The Balaban J connectivity index is 2.54. The quantitative estimate of drug-likeness (QED) is 0.900. The van der Waals surface area contributed by atoms with Gasteiger partial charge in [0.15, 0.2) is 0 Å². The van der Waals surface area contributed by atoms with Crippen LogP contribution >= 0.6 is 0 Å². The number of halogens is 2. The predicted molar refractivity (Wildman–Crippen MR) is 70.3 cm³/mol. The standard InChI is InChI=1S/C14H16F2N2O2/c1-4-11-13(19)17-8(3)14(20)18(11)12-6-9(15)7(2)5-10(12)16/h5-6,8,11H,4H2,1-3H3,(H,17,19). The Morgan fingerprint density at radius 3 is 2.50 bits per heavy atom. The molecule has 1 aromatic rings. The summed E-state index contributed by atoms with van der Waals surface area (Å²) in [6, 6.07) is 0.419. The van der Waals surface area contributed by atoms with Crippen LogP contribution < -0.4 is 10.2 Å². The van der Waals surface area contributed by atoms with Crippen molar-refractivity contribution in [2.75, 3.05) is 4.90 Å². The highest BCUT2D eigenvalue weighted by Crippen LogP contribution is 2.28. The fraction of sp³-hybridized carbons (Fsp3) is 0.429. The Morgan fingerprint density at radius 1 is 1.25 bits per heavy atom. The van der Waals surface area contributed by atoms with Crippen molar-refractivity contribution in [2.45, 2.75) is 39.3 Å². The molecule has 0 aromatic heterocycles. The number of nitrogens with zero attached hydrogens (tertiary/aromatic N) is 1. The van der Waals surface area contributed by atoms with E-state index in [1.807, 2.05) is 0 Å². The Kier molecular flexibility index (Phi) is 3.74. The number of amides is 2. The number of carbonyl (C=O) groups is 2. The van der Waals surface area contributed by atoms with Crippen LogP contribution in [0.3, 0.4) is 0 Å². The number of hydrogen-bond donors (Lipinski definition) is 1. The first-order valence-electron chi connectivity index (χ1n) is 6.46. The predicted octanol–water partition coefficient (Wildman–Crippen LogP) is 1.90. The van der Waals surface area contributed by atoms with Gasteiger partial charge >= 0.3 is 0 Å². The van der Waals surface area contributed by atoms with E-state index in [1.165, 1.54) is 13.8 Å². The molecule has 0 bridgehead atoms. The molecule has 2 rings (SSSR count). The van der Waals surface area contributed by atoms with Crippen molar-refractivity contribution in [1.82, 2.24) is 5.32 Å². The highest BCUT2D eigenvalue weighted by molar-refractivity contribution is 6.08. The van der Waals surface area contributed by atoms with Crippen molar-refractivity contribution in [2.24, 2.45) is 0 Å². The SMILES string of the molecule is CCC1C(=O)NC(C)C(=O)N1c1cc(F)c(C)cc1F. The summed E-state index contributed by atoms with van der Waals surface area (Å²) < 4.78 is 27.7. The van der Waals surface area contributed by atoms with E-state index in [-0.39, 0.29) is 17.2 Å². The summed E-state index contributed by atoms with van der Waals surface area (Å²) >= 11 is 0. The van der Waals surface area contributed by atoms with Crippen LogP contribution in [0.15, 0.2) is 12.1 Å². The minimum Gasteiger partial charge on any atom is -0.343 e. The van der Waals surface area contributed by atoms with Crippen molar-refractivity contribution >= 4 is 17.5 Å². The second-order valence-corrected chi connectivity index (χ2v) is 4.92. The molecule has 0 radical (unpaired) electrons. The first-order chi connectivity index (χ1) is 9.36. The summed E-state index contributed by atoms with van der Waals surface area (Å²) in [4.78, 5) is 25.2. The summed E-state index contributed by atoms with van der Waals surface area (Å²) in [5.74, 6) is -2.13. The number of rotatable bonds is 2. The van der Waals surface area contributed by atoms with Crippen molar-refractivity contribution in [3.63, 3.8) is 0 Å². The molecule has 2 amide bonds. The molecular weight excluding hydrogens is 266 g/mol. The van der Waals surface area contributed by atoms with Crippen LogP contribution in [0, 0.1) is 18.6 Å². The van der Waals surface area contributed by atoms with Gasteiger partial charge in [0.2, 0.25) is 11.8 Å². The minimum atomic E-state index is -0.824. The second-order valence-electron chi connectivity index (χ2n) is 4.92. The van der Waals surface area contributed by atoms with E-state index >= 15 is 0 Å². The summed E-state index contributed by atoms with van der Waals surface area (Å²) in [5, 5.41) is 2.53. The molecule has 0 spiro atoms. The van der Waals surface area contributed by atoms with Gasteiger partial charge in [0.25, 0.3) is 0 Å². The number of anilines is 1. The van der Waals surface area contributed by atoms with Crippen molar-refractivity contribution < 1.29 is 18.4 Å². The first-order valence-corrected chi connectivity index (χ1v) is 6.46. The lowest BCUT2D eigenvalue weighted by atomic mass is 10.0. The van der Waals surface area contributed by atoms with Gasteiger partial charge in [-0.1, -0.05) is 6.92 Å². The highest BCUT2D eigenvalue weighted by atomic mass is 19.1. The van der Waals surface area contributed by atoms with Crippen LogP contribution in [0.4, 0.5) is 14.5 Å². The van der Waals surface area contributed by atoms with Gasteiger partial charge in [-0.3, -0.25) is 14.5 Å². The molecule has 1 fully saturated rings. The van der Waals surface area contributed by atoms with Crippen LogP contribution in [0.1, 0.15) is 25.8 Å². The van der Waals surface area contributed by atoms with E-state index in [9.17, 15) is 18.4 Å². The largest absolute Gasteiger partial charge is 0.343 e. The van der Waals surface area contributed by atoms with Crippen molar-refractivity contribution in [1.29, 1.82) is 0 Å². The lowest BCUT2D eigenvalue weighted by molar-refractivity contribution is -0.133. The zero-order chi connectivity index (χ0) is 15.0. The van der Waals surface area contributed by atoms with Gasteiger partial charge < -0.3 is 5.32 Å². The van der Waals surface area contributed by atoms with Gasteiger partial charge in [-0.15, -0.1) is 0 Å². The average Bonchev–Trinajstić information content (AvgIpc) is 2.38. The van der Waals surface area contributed by atoms with Crippen molar-refractivity contribution in [3.05, 3.63) is 29.3 Å². The third-order valence-corrected chi connectivity index (χ3v) is 3.46. The highest BCUT2D eigenvalue weighted by Gasteiger charge is 2.39. The molecule has 1 heterocycles. The van der Waals surface area contributed by atoms with E-state index in [0.29, 0.717) is 6.42 Å². The van der Waals surface area contributed by atoms with Crippen LogP contribution in [0.2, 0.25) is 0 Å². The average molecular weight is 282 g/mol. The van der Waals surface area contributed by atoms with Crippen LogP contribution in [0.25, 0.3) is 0 Å². The zero-order valence-electron chi connectivity index (χ0n) is 11.5. The molecule has 1 aliphatic heterocycles. The number of nitrogens with one attached hydrogen (secondary N) is 1. The van der Waals surface area contributed by atoms with Crippen LogP contribution in [0.5, 0.6) is 0 Å². The maximum absolute atomic E-state index is 14.1. The maximum atomic E-state index is 14.1. The monoisotopic (exact) mass is 282 g/mol. The first kappa shape index (κ1) is 14.4. The van der Waals surface area contributed by atoms with Crippen LogP contribution in [-0.2, 0) is 9.59 Å². The van der Waals surface area contributed by atoms with Gasteiger partial charge in [-0.2, -0.15) is 0 Å². The Labute approximate surface area is 115 Å². The molecule has 1 saturated heterocycles. The molecule has 1 N–H and O–H groups in total. The molecule has 20 heavy (non-hydrogen) atoms. The van der Waals surface area contributed by atoms with E-state index in [4.69, 9.17) is 0 Å². The Bertz CT molecular complexity index is 575. The van der Waals surface area contributed by atoms with E-state index in [2.05, 4.69) is 5.32 Å². The number of hydrogen-bond acceptors (Lipinski definition) is 2. The summed E-state index contributed by atoms with van der Waals surface area (Å²) in [7, 11) is 0. The lowest BCUT2D eigenvalue weighted by Gasteiger charge is -2.37. The molecule has 108 valence electrons. The van der Waals surface area contributed by atoms with Gasteiger partial charge in [0.05, 0.1) is 5.69 Å². The lowest BCUT2D eigenvalue weighted by Crippen LogP contribution is -2.62. The Hall–Kier alpha value is -1.98. The fourth-order valence-corrected chi connectivity index (χ4v) is 2.33. The molecule has 0 aliphatic carbocycles. The van der Waals surface area contributed by atoms with E-state index in [0.717, 1.165) is 17.0 Å². The molecule has 1 aromatic carbocycles. The normalized spacial score (nSPS) is 22.9. The number of carbonyl (C=O) groups excluding carboxylic acids is 2. The molecule has 0 saturated carbocycles. The molecule has 2 unspecified atom stereocenters. The van der Waals surface area contributed by atoms with E-state index in [1.54, 1.807) is 6.92 Å². The summed E-state index contributed by atoms with van der Waals surface area (Å²) in [5.41, 5.74) is -0.0343. The smallest absolute Gasteiger partial charge is 0.250 e. The fourth-order valence-electron chi connectivity index (χ4n) is 2.33. The number of aryl methyl sites for hydroxylation is 1. The maximum Gasteiger partial charge on any atom is 0.250 e. The van der Waals surface area contributed by atoms with Gasteiger partial charge in [-0.05, 0) is 31.9 Å². The zero-order valence-corrected chi connectivity index (χ0v) is 11.5. The number of piperazine rings is 1. The summed E-state index contributed by atoms with van der Waals surface area (Å²) in [6.07, 6.45) is 0.319. The second kappa shape index (κ2) is 5.19. The molecule has 4 nitrogen and oxygen atoms in total. The van der Waals surface area contributed by atoms with Gasteiger partial charge in [0, 0.05) is 6.07 Å². The van der Waals surface area contributed by atoms with E-state index < -0.39 is 29.6 Å². The third-order valence-electron chi connectivity index (χ3n) is 3.46. The Morgan fingerprint density at radius 2 is 1.90 bits per heavy atom. The molecule has 1 aliphatic rings. The molecular formula is C14H16F2N2O2. The minimum absolute atomic E-state index is 0.154. The topological polar surface area (TPSA) is 49.4 Å². The van der Waals surface area contributed by atoms with Gasteiger partial charge in [0.1, 0.15) is 23.7 Å². The summed E-state index contributed by atoms with van der Waals surface area (Å²) in [6.45, 7) is 4.66. The van der Waals surface area contributed by atoms with Crippen LogP contribution in [-0.4, -0.2) is 23.9 Å². The molecule has 6 heteroatoms. The third kappa shape index (κ3) is 2.26. The van der Waals surface area contributed by atoms with Crippen molar-refractivity contribution in [3.8, 4) is 0 Å². The molecule has 2 atom stereocenters. The number of benzene rings is 1.